The van der Waals surface area contributed by atoms with Gasteiger partial charge in [-0.2, -0.15) is 0 Å². The Morgan fingerprint density at radius 2 is 1.89 bits per heavy atom. The van der Waals surface area contributed by atoms with Crippen LogP contribution in [-0.4, -0.2) is 51.0 Å². The van der Waals surface area contributed by atoms with Crippen LogP contribution in [0.15, 0.2) is 29.6 Å². The van der Waals surface area contributed by atoms with E-state index in [4.69, 9.17) is 4.74 Å². The highest BCUT2D eigenvalue weighted by molar-refractivity contribution is 7.10. The summed E-state index contributed by atoms with van der Waals surface area (Å²) in [6.07, 6.45) is 6.02. The second kappa shape index (κ2) is 11.0. The number of aromatic hydroxyl groups is 1. The molecule has 36 heavy (non-hydrogen) atoms. The van der Waals surface area contributed by atoms with Gasteiger partial charge in [0.25, 0.3) is 0 Å². The van der Waals surface area contributed by atoms with Crippen LogP contribution in [0.3, 0.4) is 0 Å². The number of nitrogens with one attached hydrogen (secondary N) is 1. The van der Waals surface area contributed by atoms with Gasteiger partial charge in [0.2, 0.25) is 11.7 Å². The monoisotopic (exact) mass is 513 g/mol. The molecule has 1 aromatic carbocycles. The lowest BCUT2D eigenvalue weighted by Crippen LogP contribution is -2.53. The normalized spacial score (nSPS) is 19.6. The Kier molecular flexibility index (Phi) is 7.97. The van der Waals surface area contributed by atoms with Gasteiger partial charge in [0.1, 0.15) is 28.1 Å². The second-order valence-corrected chi connectivity index (χ2v) is 11.6. The Balaban J connectivity index is 1.53. The molecule has 194 valence electrons. The van der Waals surface area contributed by atoms with Gasteiger partial charge in [-0.25, -0.2) is 9.78 Å². The molecule has 1 aromatic heterocycles. The van der Waals surface area contributed by atoms with Crippen molar-refractivity contribution in [3.63, 3.8) is 0 Å². The van der Waals surface area contributed by atoms with E-state index in [2.05, 4.69) is 10.3 Å². The number of phenolic OH excluding ortho intramolecular Hbond substituents is 1. The summed E-state index contributed by atoms with van der Waals surface area (Å²) in [6, 6.07) is 5.32. The van der Waals surface area contributed by atoms with E-state index < -0.39 is 17.7 Å². The van der Waals surface area contributed by atoms with E-state index in [1.807, 2.05) is 4.90 Å². The number of thiazole rings is 1. The standard InChI is InChI=1S/C27H35N3O5S/c1-27(2,3)35-26(34)29-22(17-9-5-4-6-10-17)25(33)30-14-8-13-21(30)24-28-20(16-36-24)23(32)18-11-7-12-19(31)15-18/h7,11-12,15-17,21-22,31H,4-6,8-10,13-14H2,1-3H3,(H,29,34). The van der Waals surface area contributed by atoms with Crippen LogP contribution in [-0.2, 0) is 9.53 Å². The van der Waals surface area contributed by atoms with Crippen molar-refractivity contribution in [3.8, 4) is 5.75 Å². The van der Waals surface area contributed by atoms with Crippen LogP contribution in [0.5, 0.6) is 5.75 Å². The predicted octanol–water partition coefficient (Wildman–Crippen LogP) is 5.22. The molecule has 1 saturated carbocycles. The highest BCUT2D eigenvalue weighted by Crippen LogP contribution is 2.36. The number of amides is 2. The number of carbonyl (C=O) groups is 3. The van der Waals surface area contributed by atoms with Gasteiger partial charge in [-0.15, -0.1) is 11.3 Å². The lowest BCUT2D eigenvalue weighted by molar-refractivity contribution is -0.136. The van der Waals surface area contributed by atoms with Crippen LogP contribution in [0.1, 0.15) is 92.8 Å². The first-order chi connectivity index (χ1) is 17.1. The number of ketones is 1. The molecule has 8 nitrogen and oxygen atoms in total. The zero-order chi connectivity index (χ0) is 25.9. The highest BCUT2D eigenvalue weighted by Gasteiger charge is 2.40. The van der Waals surface area contributed by atoms with Crippen LogP contribution in [0.4, 0.5) is 4.79 Å². The number of alkyl carbamates (subject to hydrolysis) is 1. The SMILES string of the molecule is CC(C)(C)OC(=O)NC(C(=O)N1CCCC1c1nc(C(=O)c2cccc(O)c2)cs1)C1CCCCC1. The Labute approximate surface area is 216 Å². The molecule has 9 heteroatoms. The summed E-state index contributed by atoms with van der Waals surface area (Å²) in [5, 5.41) is 15.0. The molecule has 0 radical (unpaired) electrons. The number of aromatic nitrogens is 1. The molecule has 0 bridgehead atoms. The number of phenols is 1. The van der Waals surface area contributed by atoms with Crippen molar-refractivity contribution in [2.24, 2.45) is 5.92 Å². The first-order valence-electron chi connectivity index (χ1n) is 12.7. The third-order valence-electron chi connectivity index (χ3n) is 6.74. The van der Waals surface area contributed by atoms with Crippen molar-refractivity contribution in [2.45, 2.75) is 83.4 Å². The van der Waals surface area contributed by atoms with Crippen molar-refractivity contribution in [1.82, 2.24) is 15.2 Å². The minimum Gasteiger partial charge on any atom is -0.508 e. The maximum atomic E-state index is 13.9. The van der Waals surface area contributed by atoms with Crippen LogP contribution in [0, 0.1) is 5.92 Å². The minimum absolute atomic E-state index is 0.0232. The van der Waals surface area contributed by atoms with Gasteiger partial charge in [-0.1, -0.05) is 31.4 Å². The quantitative estimate of drug-likeness (QED) is 0.513. The Morgan fingerprint density at radius 3 is 2.58 bits per heavy atom. The minimum atomic E-state index is -0.653. The molecule has 2 amide bonds. The van der Waals surface area contributed by atoms with E-state index in [-0.39, 0.29) is 29.4 Å². The van der Waals surface area contributed by atoms with Crippen molar-refractivity contribution in [2.75, 3.05) is 6.54 Å². The predicted molar refractivity (Wildman–Crippen MR) is 137 cm³/mol. The molecule has 2 aliphatic rings. The van der Waals surface area contributed by atoms with Gasteiger partial charge in [-0.05, 0) is 64.5 Å². The lowest BCUT2D eigenvalue weighted by atomic mass is 9.83. The number of carbonyl (C=O) groups excluding carboxylic acids is 3. The van der Waals surface area contributed by atoms with Crippen LogP contribution >= 0.6 is 11.3 Å². The summed E-state index contributed by atoms with van der Waals surface area (Å²) in [4.78, 5) is 45.8. The van der Waals surface area contributed by atoms with Gasteiger partial charge in [0.05, 0.1) is 6.04 Å². The molecule has 0 spiro atoms. The average Bonchev–Trinajstić information content (AvgIpc) is 3.51. The number of hydrogen-bond acceptors (Lipinski definition) is 7. The zero-order valence-corrected chi connectivity index (χ0v) is 22.0. The van der Waals surface area contributed by atoms with E-state index in [1.165, 1.54) is 23.5 Å². The van der Waals surface area contributed by atoms with E-state index >= 15 is 0 Å². The maximum absolute atomic E-state index is 13.9. The first kappa shape index (κ1) is 26.1. The molecule has 2 N–H and O–H groups in total. The largest absolute Gasteiger partial charge is 0.508 e. The van der Waals surface area contributed by atoms with Crippen molar-refractivity contribution in [3.05, 3.63) is 45.9 Å². The number of rotatable bonds is 6. The fourth-order valence-electron chi connectivity index (χ4n) is 5.09. The summed E-state index contributed by atoms with van der Waals surface area (Å²) in [6.45, 7) is 5.99. The Bertz CT molecular complexity index is 1100. The van der Waals surface area contributed by atoms with Crippen LogP contribution < -0.4 is 5.32 Å². The molecule has 2 atom stereocenters. The molecule has 1 saturated heterocycles. The number of ether oxygens (including phenoxy) is 1. The Morgan fingerprint density at radius 1 is 1.14 bits per heavy atom. The molecule has 1 aliphatic heterocycles. The van der Waals surface area contributed by atoms with Gasteiger partial charge >= 0.3 is 6.09 Å². The molecule has 4 rings (SSSR count). The third kappa shape index (κ3) is 6.24. The van der Waals surface area contributed by atoms with Gasteiger partial charge in [0.15, 0.2) is 0 Å². The molecular weight excluding hydrogens is 478 g/mol. The van der Waals surface area contributed by atoms with E-state index in [0.717, 1.165) is 44.9 Å². The van der Waals surface area contributed by atoms with Crippen molar-refractivity contribution in [1.29, 1.82) is 0 Å². The molecule has 2 aromatic rings. The fourth-order valence-corrected chi connectivity index (χ4v) is 6.03. The summed E-state index contributed by atoms with van der Waals surface area (Å²) in [5.74, 6) is -0.281. The number of nitrogens with zero attached hydrogens (tertiary/aromatic N) is 2. The van der Waals surface area contributed by atoms with Crippen LogP contribution in [0.25, 0.3) is 0 Å². The summed E-state index contributed by atoms with van der Waals surface area (Å²) >= 11 is 1.36. The molecular formula is C27H35N3O5S. The topological polar surface area (TPSA) is 109 Å². The Hall–Kier alpha value is -2.94. The highest BCUT2D eigenvalue weighted by atomic mass is 32.1. The number of benzene rings is 1. The van der Waals surface area contributed by atoms with E-state index in [1.54, 1.807) is 38.3 Å². The van der Waals surface area contributed by atoms with Crippen molar-refractivity contribution >= 4 is 29.1 Å². The van der Waals surface area contributed by atoms with Gasteiger partial charge in [-0.3, -0.25) is 9.59 Å². The lowest BCUT2D eigenvalue weighted by Gasteiger charge is -2.35. The third-order valence-corrected chi connectivity index (χ3v) is 7.69. The van der Waals surface area contributed by atoms with Gasteiger partial charge < -0.3 is 20.1 Å². The average molecular weight is 514 g/mol. The maximum Gasteiger partial charge on any atom is 0.408 e. The van der Waals surface area contributed by atoms with Crippen LogP contribution in [0.2, 0.25) is 0 Å². The molecule has 2 unspecified atom stereocenters. The fraction of sp³-hybridized carbons (Fsp3) is 0.556. The van der Waals surface area contributed by atoms with Crippen molar-refractivity contribution < 1.29 is 24.2 Å². The second-order valence-electron chi connectivity index (χ2n) is 10.7. The summed E-state index contributed by atoms with van der Waals surface area (Å²) in [7, 11) is 0. The van der Waals surface area contributed by atoms with E-state index in [9.17, 15) is 19.5 Å². The number of likely N-dealkylation sites (tertiary alicyclic amines) is 1. The van der Waals surface area contributed by atoms with Gasteiger partial charge in [0, 0.05) is 17.5 Å². The summed E-state index contributed by atoms with van der Waals surface area (Å²) < 4.78 is 5.48. The first-order valence-corrected chi connectivity index (χ1v) is 13.6. The van der Waals surface area contributed by atoms with E-state index in [0.29, 0.717) is 22.8 Å². The molecule has 1 aliphatic carbocycles. The molecule has 2 heterocycles. The zero-order valence-electron chi connectivity index (χ0n) is 21.2. The summed E-state index contributed by atoms with van der Waals surface area (Å²) in [5.41, 5.74) is 0.0144. The smallest absolute Gasteiger partial charge is 0.408 e. The number of hydrogen-bond donors (Lipinski definition) is 2. The molecule has 2 fully saturated rings.